The van der Waals surface area contributed by atoms with Crippen LogP contribution in [-0.2, 0) is 6.18 Å². The molecule has 0 unspecified atom stereocenters. The lowest BCUT2D eigenvalue weighted by Crippen LogP contribution is -2.09. The summed E-state index contributed by atoms with van der Waals surface area (Å²) in [5.41, 5.74) is 0.657. The molecule has 19 heavy (non-hydrogen) atoms. The first-order valence-electron chi connectivity index (χ1n) is 5.48. The highest BCUT2D eigenvalue weighted by Crippen LogP contribution is 2.32. The number of nitrogens with zero attached hydrogens (tertiary/aromatic N) is 3. The summed E-state index contributed by atoms with van der Waals surface area (Å²) in [4.78, 5) is 0. The molecule has 0 aliphatic rings. The molecule has 0 N–H and O–H groups in total. The van der Waals surface area contributed by atoms with Crippen molar-refractivity contribution in [2.24, 2.45) is 0 Å². The summed E-state index contributed by atoms with van der Waals surface area (Å²) in [5, 5.41) is 13.0. The van der Waals surface area contributed by atoms with Crippen LogP contribution in [0.5, 0.6) is 0 Å². The van der Waals surface area contributed by atoms with Crippen molar-refractivity contribution >= 4 is 0 Å². The van der Waals surface area contributed by atoms with E-state index < -0.39 is 17.3 Å². The minimum atomic E-state index is -4.53. The van der Waals surface area contributed by atoms with Gasteiger partial charge in [0.15, 0.2) is 0 Å². The van der Waals surface area contributed by atoms with Gasteiger partial charge in [-0.3, -0.25) is 0 Å². The van der Waals surface area contributed by atoms with Crippen LogP contribution in [0.3, 0.4) is 0 Å². The molecule has 6 heteroatoms. The van der Waals surface area contributed by atoms with Crippen LogP contribution >= 0.6 is 0 Å². The average Bonchev–Trinajstić information content (AvgIpc) is 2.66. The standard InChI is InChI=1S/C13H10F3N3/c1-8-5-9(2)19(18-8)11-3-4-12(13(14,15)16)10(6-11)7-17/h3-6H,1-2H3. The van der Waals surface area contributed by atoms with E-state index in [-0.39, 0.29) is 0 Å². The Bertz CT molecular complexity index is 663. The van der Waals surface area contributed by atoms with E-state index in [1.54, 1.807) is 19.9 Å². The molecular weight excluding hydrogens is 255 g/mol. The summed E-state index contributed by atoms with van der Waals surface area (Å²) >= 11 is 0. The van der Waals surface area contributed by atoms with Crippen molar-refractivity contribution in [2.45, 2.75) is 20.0 Å². The molecule has 0 atom stereocenters. The van der Waals surface area contributed by atoms with E-state index in [1.807, 2.05) is 6.07 Å². The predicted molar refractivity (Wildman–Crippen MR) is 62.8 cm³/mol. The fourth-order valence-corrected chi connectivity index (χ4v) is 1.89. The zero-order chi connectivity index (χ0) is 14.2. The molecule has 0 aliphatic carbocycles. The van der Waals surface area contributed by atoms with Crippen LogP contribution in [0.4, 0.5) is 13.2 Å². The van der Waals surface area contributed by atoms with Crippen molar-refractivity contribution in [3.63, 3.8) is 0 Å². The molecule has 0 aliphatic heterocycles. The van der Waals surface area contributed by atoms with Crippen molar-refractivity contribution in [1.82, 2.24) is 9.78 Å². The highest BCUT2D eigenvalue weighted by Gasteiger charge is 2.33. The van der Waals surface area contributed by atoms with Gasteiger partial charge in [-0.2, -0.15) is 23.5 Å². The number of nitriles is 1. The Morgan fingerprint density at radius 2 is 1.89 bits per heavy atom. The lowest BCUT2D eigenvalue weighted by molar-refractivity contribution is -0.137. The summed E-state index contributed by atoms with van der Waals surface area (Å²) in [7, 11) is 0. The van der Waals surface area contributed by atoms with Crippen LogP contribution in [0.15, 0.2) is 24.3 Å². The summed E-state index contributed by atoms with van der Waals surface area (Å²) in [5.74, 6) is 0. The van der Waals surface area contributed by atoms with Gasteiger partial charge in [-0.25, -0.2) is 4.68 Å². The molecule has 98 valence electrons. The molecule has 2 aromatic rings. The molecule has 2 rings (SSSR count). The lowest BCUT2D eigenvalue weighted by atomic mass is 10.1. The Morgan fingerprint density at radius 3 is 2.37 bits per heavy atom. The van der Waals surface area contributed by atoms with E-state index in [9.17, 15) is 13.2 Å². The third-order valence-electron chi connectivity index (χ3n) is 2.68. The van der Waals surface area contributed by atoms with E-state index in [4.69, 9.17) is 5.26 Å². The van der Waals surface area contributed by atoms with Gasteiger partial charge in [0.1, 0.15) is 0 Å². The first kappa shape index (κ1) is 13.1. The number of hydrogen-bond acceptors (Lipinski definition) is 2. The van der Waals surface area contributed by atoms with Crippen molar-refractivity contribution in [3.8, 4) is 11.8 Å². The first-order chi connectivity index (χ1) is 8.82. The monoisotopic (exact) mass is 265 g/mol. The van der Waals surface area contributed by atoms with Gasteiger partial charge in [-0.05, 0) is 38.1 Å². The van der Waals surface area contributed by atoms with Crippen LogP contribution in [0, 0.1) is 25.2 Å². The molecule has 1 aromatic carbocycles. The highest BCUT2D eigenvalue weighted by atomic mass is 19.4. The molecule has 0 saturated carbocycles. The van der Waals surface area contributed by atoms with Gasteiger partial charge in [-0.15, -0.1) is 0 Å². The molecular formula is C13H10F3N3. The Morgan fingerprint density at radius 1 is 1.21 bits per heavy atom. The number of aromatic nitrogens is 2. The van der Waals surface area contributed by atoms with E-state index in [0.717, 1.165) is 17.5 Å². The fourth-order valence-electron chi connectivity index (χ4n) is 1.89. The van der Waals surface area contributed by atoms with Crippen molar-refractivity contribution in [1.29, 1.82) is 5.26 Å². The van der Waals surface area contributed by atoms with Gasteiger partial charge < -0.3 is 0 Å². The Balaban J connectivity index is 2.58. The molecule has 1 heterocycles. The Labute approximate surface area is 107 Å². The summed E-state index contributed by atoms with van der Waals surface area (Å²) in [6.45, 7) is 3.59. The number of hydrogen-bond donors (Lipinski definition) is 0. The van der Waals surface area contributed by atoms with Crippen molar-refractivity contribution in [2.75, 3.05) is 0 Å². The van der Waals surface area contributed by atoms with Crippen LogP contribution in [-0.4, -0.2) is 9.78 Å². The SMILES string of the molecule is Cc1cc(C)n(-c2ccc(C(F)(F)F)c(C#N)c2)n1. The predicted octanol–water partition coefficient (Wildman–Crippen LogP) is 3.38. The highest BCUT2D eigenvalue weighted by molar-refractivity contribution is 5.48. The maximum Gasteiger partial charge on any atom is 0.417 e. The molecule has 0 amide bonds. The quantitative estimate of drug-likeness (QED) is 0.793. The fraction of sp³-hybridized carbons (Fsp3) is 0.231. The van der Waals surface area contributed by atoms with Gasteiger partial charge in [-0.1, -0.05) is 0 Å². The second-order valence-corrected chi connectivity index (χ2v) is 4.18. The average molecular weight is 265 g/mol. The first-order valence-corrected chi connectivity index (χ1v) is 5.48. The number of alkyl halides is 3. The third-order valence-corrected chi connectivity index (χ3v) is 2.68. The van der Waals surface area contributed by atoms with Gasteiger partial charge in [0.25, 0.3) is 0 Å². The largest absolute Gasteiger partial charge is 0.417 e. The lowest BCUT2D eigenvalue weighted by Gasteiger charge is -2.11. The van der Waals surface area contributed by atoms with Crippen molar-refractivity contribution < 1.29 is 13.2 Å². The molecule has 0 saturated heterocycles. The van der Waals surface area contributed by atoms with Crippen molar-refractivity contribution in [3.05, 3.63) is 46.8 Å². The van der Waals surface area contributed by atoms with Gasteiger partial charge in [0, 0.05) is 5.69 Å². The van der Waals surface area contributed by atoms with Gasteiger partial charge in [0.05, 0.1) is 28.6 Å². The van der Waals surface area contributed by atoms with Crippen LogP contribution in [0.1, 0.15) is 22.5 Å². The smallest absolute Gasteiger partial charge is 0.238 e. The molecule has 0 spiro atoms. The molecule has 3 nitrogen and oxygen atoms in total. The zero-order valence-corrected chi connectivity index (χ0v) is 10.3. The Kier molecular flexibility index (Phi) is 3.06. The summed E-state index contributed by atoms with van der Waals surface area (Å²) in [6, 6.07) is 6.80. The Hall–Kier alpha value is -2.29. The zero-order valence-electron chi connectivity index (χ0n) is 10.3. The van der Waals surface area contributed by atoms with Crippen LogP contribution < -0.4 is 0 Å². The number of aryl methyl sites for hydroxylation is 2. The molecule has 0 fully saturated rings. The second-order valence-electron chi connectivity index (χ2n) is 4.18. The molecule has 0 radical (unpaired) electrons. The van der Waals surface area contributed by atoms with E-state index >= 15 is 0 Å². The molecule has 0 bridgehead atoms. The summed E-state index contributed by atoms with van der Waals surface area (Å²) in [6.07, 6.45) is -4.53. The van der Waals surface area contributed by atoms with Crippen LogP contribution in [0.2, 0.25) is 0 Å². The van der Waals surface area contributed by atoms with E-state index in [2.05, 4.69) is 5.10 Å². The molecule has 1 aromatic heterocycles. The second kappa shape index (κ2) is 4.43. The van der Waals surface area contributed by atoms with E-state index in [0.29, 0.717) is 5.69 Å². The minimum absolute atomic E-state index is 0.405. The maximum absolute atomic E-state index is 12.7. The number of benzene rings is 1. The summed E-state index contributed by atoms with van der Waals surface area (Å²) < 4.78 is 39.5. The van der Waals surface area contributed by atoms with Gasteiger partial charge in [0.2, 0.25) is 0 Å². The third kappa shape index (κ3) is 2.45. The number of halogens is 3. The maximum atomic E-state index is 12.7. The van der Waals surface area contributed by atoms with E-state index in [1.165, 1.54) is 16.8 Å². The topological polar surface area (TPSA) is 41.6 Å². The minimum Gasteiger partial charge on any atom is -0.238 e. The van der Waals surface area contributed by atoms with Crippen LogP contribution in [0.25, 0.3) is 5.69 Å². The number of rotatable bonds is 1. The van der Waals surface area contributed by atoms with Gasteiger partial charge >= 0.3 is 6.18 Å². The normalized spacial score (nSPS) is 11.4.